The van der Waals surface area contributed by atoms with E-state index in [9.17, 15) is 9.18 Å². The van der Waals surface area contributed by atoms with Gasteiger partial charge >= 0.3 is 0 Å². The van der Waals surface area contributed by atoms with Gasteiger partial charge in [-0.3, -0.25) is 9.89 Å². The molecule has 1 amide bonds. The van der Waals surface area contributed by atoms with Crippen molar-refractivity contribution in [1.29, 1.82) is 0 Å². The highest BCUT2D eigenvalue weighted by molar-refractivity contribution is 6.14. The quantitative estimate of drug-likeness (QED) is 0.442. The molecule has 1 aromatic carbocycles. The first-order valence-corrected chi connectivity index (χ1v) is 9.76. The summed E-state index contributed by atoms with van der Waals surface area (Å²) in [5, 5.41) is 16.9. The Labute approximate surface area is 168 Å². The summed E-state index contributed by atoms with van der Waals surface area (Å²) in [6.45, 7) is 3.97. The fraction of sp³-hybridized carbons (Fsp3) is 0.450. The number of H-pyrrole nitrogens is 1. The molecule has 1 aromatic heterocycles. The summed E-state index contributed by atoms with van der Waals surface area (Å²) in [4.78, 5) is 17.6. The molecule has 29 heavy (non-hydrogen) atoms. The van der Waals surface area contributed by atoms with Gasteiger partial charge in [0.2, 0.25) is 0 Å². The molecule has 1 aliphatic rings. The normalized spacial score (nSPS) is 14.5. The van der Waals surface area contributed by atoms with Gasteiger partial charge in [-0.25, -0.2) is 4.39 Å². The lowest BCUT2D eigenvalue weighted by Crippen LogP contribution is -2.22. The van der Waals surface area contributed by atoms with Crippen LogP contribution in [0.15, 0.2) is 23.4 Å². The van der Waals surface area contributed by atoms with E-state index in [2.05, 4.69) is 32.9 Å². The van der Waals surface area contributed by atoms with E-state index in [1.54, 1.807) is 6.07 Å². The number of oxime groups is 1. The first kappa shape index (κ1) is 20.8. The number of hydrogen-bond acceptors (Lipinski definition) is 6. The van der Waals surface area contributed by atoms with E-state index in [4.69, 9.17) is 9.57 Å². The first-order valence-electron chi connectivity index (χ1n) is 9.76. The molecule has 1 aliphatic carbocycles. The summed E-state index contributed by atoms with van der Waals surface area (Å²) >= 11 is 0. The van der Waals surface area contributed by atoms with Gasteiger partial charge in [-0.15, -0.1) is 0 Å². The number of aromatic nitrogens is 2. The largest absolute Gasteiger partial charge is 0.489 e. The van der Waals surface area contributed by atoms with Gasteiger partial charge in [0, 0.05) is 24.0 Å². The lowest BCUT2D eigenvalue weighted by Gasteiger charge is -2.14. The van der Waals surface area contributed by atoms with Gasteiger partial charge in [-0.2, -0.15) is 5.10 Å². The zero-order chi connectivity index (χ0) is 20.6. The van der Waals surface area contributed by atoms with Crippen LogP contribution in [0.2, 0.25) is 0 Å². The Bertz CT molecular complexity index is 881. The Morgan fingerprint density at radius 2 is 2.21 bits per heavy atom. The van der Waals surface area contributed by atoms with E-state index < -0.39 is 11.7 Å². The zero-order valence-electron chi connectivity index (χ0n) is 16.7. The second-order valence-corrected chi connectivity index (χ2v) is 6.70. The molecule has 0 unspecified atom stereocenters. The van der Waals surface area contributed by atoms with Crippen LogP contribution in [0.3, 0.4) is 0 Å². The van der Waals surface area contributed by atoms with E-state index in [0.717, 1.165) is 31.5 Å². The lowest BCUT2D eigenvalue weighted by molar-refractivity contribution is 0.102. The standard InChI is InChI=1S/C20H26FN5O3/c1-3-9-22-10-11-29-17-8-7-13(12-14(17)21)23-20(27)19-18-15(24-25-19)5-4-6-16(18)26-28-2/h7-8,12,22H,3-6,9-11H2,1-2H3,(H,23,27)(H,24,25)/b26-16+. The van der Waals surface area contributed by atoms with Crippen LogP contribution in [0.1, 0.15) is 47.9 Å². The molecule has 0 saturated heterocycles. The molecule has 0 saturated carbocycles. The summed E-state index contributed by atoms with van der Waals surface area (Å²) < 4.78 is 19.7. The van der Waals surface area contributed by atoms with E-state index in [-0.39, 0.29) is 11.4 Å². The number of rotatable bonds is 9. The smallest absolute Gasteiger partial charge is 0.276 e. The molecule has 2 aromatic rings. The average Bonchev–Trinajstić information content (AvgIpc) is 3.15. The molecule has 9 heteroatoms. The SMILES string of the molecule is CCCNCCOc1ccc(NC(=O)c2n[nH]c3c2/C(=N/OC)CCC3)cc1F. The minimum absolute atomic E-state index is 0.146. The molecular weight excluding hydrogens is 377 g/mol. The summed E-state index contributed by atoms with van der Waals surface area (Å²) in [5.41, 5.74) is 2.73. The highest BCUT2D eigenvalue weighted by Crippen LogP contribution is 2.25. The summed E-state index contributed by atoms with van der Waals surface area (Å²) in [5.74, 6) is -0.831. The van der Waals surface area contributed by atoms with Gasteiger partial charge in [0.15, 0.2) is 17.3 Å². The van der Waals surface area contributed by atoms with Crippen molar-refractivity contribution in [1.82, 2.24) is 15.5 Å². The second-order valence-electron chi connectivity index (χ2n) is 6.70. The number of benzene rings is 1. The van der Waals surface area contributed by atoms with Crippen LogP contribution in [0.4, 0.5) is 10.1 Å². The average molecular weight is 403 g/mol. The third-order valence-electron chi connectivity index (χ3n) is 4.54. The molecule has 3 N–H and O–H groups in total. The molecule has 156 valence electrons. The van der Waals surface area contributed by atoms with Gasteiger partial charge in [0.05, 0.1) is 11.3 Å². The third-order valence-corrected chi connectivity index (χ3v) is 4.54. The molecule has 0 spiro atoms. The number of ether oxygens (including phenoxy) is 1. The van der Waals surface area contributed by atoms with Gasteiger partial charge in [-0.05, 0) is 44.4 Å². The maximum atomic E-state index is 14.3. The monoisotopic (exact) mass is 403 g/mol. The number of carbonyl (C=O) groups is 1. The predicted octanol–water partition coefficient (Wildman–Crippen LogP) is 2.87. The summed E-state index contributed by atoms with van der Waals surface area (Å²) in [6.07, 6.45) is 3.42. The molecule has 0 fully saturated rings. The summed E-state index contributed by atoms with van der Waals surface area (Å²) in [7, 11) is 1.47. The molecular formula is C20H26FN5O3. The number of halogens is 1. The molecule has 1 heterocycles. The number of nitrogens with one attached hydrogen (secondary N) is 3. The van der Waals surface area contributed by atoms with E-state index in [0.29, 0.717) is 36.5 Å². The fourth-order valence-corrected chi connectivity index (χ4v) is 3.21. The zero-order valence-corrected chi connectivity index (χ0v) is 16.7. The topological polar surface area (TPSA) is 101 Å². The minimum atomic E-state index is -0.538. The van der Waals surface area contributed by atoms with Crippen molar-refractivity contribution in [3.63, 3.8) is 0 Å². The number of nitrogens with zero attached hydrogens (tertiary/aromatic N) is 2. The van der Waals surface area contributed by atoms with Crippen molar-refractivity contribution in [3.05, 3.63) is 41.0 Å². The van der Waals surface area contributed by atoms with E-state index >= 15 is 0 Å². The Morgan fingerprint density at radius 3 is 2.97 bits per heavy atom. The number of aromatic amines is 1. The van der Waals surface area contributed by atoms with Crippen LogP contribution >= 0.6 is 0 Å². The van der Waals surface area contributed by atoms with Crippen molar-refractivity contribution in [2.24, 2.45) is 5.16 Å². The minimum Gasteiger partial charge on any atom is -0.489 e. The highest BCUT2D eigenvalue weighted by atomic mass is 19.1. The van der Waals surface area contributed by atoms with Gasteiger partial charge in [-0.1, -0.05) is 12.1 Å². The Kier molecular flexibility index (Phi) is 7.18. The number of fused-ring (bicyclic) bond motifs is 1. The van der Waals surface area contributed by atoms with Crippen molar-refractivity contribution in [2.45, 2.75) is 32.6 Å². The van der Waals surface area contributed by atoms with Crippen LogP contribution in [-0.4, -0.2) is 48.6 Å². The number of carbonyl (C=O) groups excluding carboxylic acids is 1. The van der Waals surface area contributed by atoms with Crippen molar-refractivity contribution >= 4 is 17.3 Å². The predicted molar refractivity (Wildman–Crippen MR) is 108 cm³/mol. The molecule has 0 bridgehead atoms. The highest BCUT2D eigenvalue weighted by Gasteiger charge is 2.27. The summed E-state index contributed by atoms with van der Waals surface area (Å²) in [6, 6.07) is 4.33. The van der Waals surface area contributed by atoms with Crippen LogP contribution < -0.4 is 15.4 Å². The molecule has 3 rings (SSSR count). The second kappa shape index (κ2) is 10.0. The van der Waals surface area contributed by atoms with Crippen molar-refractivity contribution in [2.75, 3.05) is 32.1 Å². The third kappa shape index (κ3) is 5.11. The van der Waals surface area contributed by atoms with Gasteiger partial charge in [0.25, 0.3) is 5.91 Å². The Balaban J connectivity index is 1.67. The van der Waals surface area contributed by atoms with Gasteiger partial charge in [0.1, 0.15) is 13.7 Å². The first-order chi connectivity index (χ1) is 14.1. The maximum Gasteiger partial charge on any atom is 0.276 e. The molecule has 0 radical (unpaired) electrons. The van der Waals surface area contributed by atoms with Gasteiger partial charge < -0.3 is 20.2 Å². The Hall–Kier alpha value is -2.94. The molecule has 0 aliphatic heterocycles. The van der Waals surface area contributed by atoms with Crippen molar-refractivity contribution in [3.8, 4) is 5.75 Å². The van der Waals surface area contributed by atoms with E-state index in [1.165, 1.54) is 19.2 Å². The number of anilines is 1. The van der Waals surface area contributed by atoms with Crippen LogP contribution in [-0.2, 0) is 11.3 Å². The molecule has 8 nitrogen and oxygen atoms in total. The number of hydrogen-bond donors (Lipinski definition) is 3. The van der Waals surface area contributed by atoms with Crippen LogP contribution in [0.5, 0.6) is 5.75 Å². The maximum absolute atomic E-state index is 14.3. The Morgan fingerprint density at radius 1 is 1.34 bits per heavy atom. The van der Waals surface area contributed by atoms with E-state index in [1.807, 2.05) is 0 Å². The van der Waals surface area contributed by atoms with Crippen LogP contribution in [0.25, 0.3) is 0 Å². The van der Waals surface area contributed by atoms with Crippen LogP contribution in [0, 0.1) is 5.82 Å². The number of amides is 1. The number of aryl methyl sites for hydroxylation is 1. The van der Waals surface area contributed by atoms with Crippen molar-refractivity contribution < 1.29 is 18.8 Å². The molecule has 0 atom stereocenters. The fourth-order valence-electron chi connectivity index (χ4n) is 3.21. The lowest BCUT2D eigenvalue weighted by atomic mass is 9.93.